The molecule has 1 N–H and O–H groups in total. The monoisotopic (exact) mass is 288 g/mol. The highest BCUT2D eigenvalue weighted by molar-refractivity contribution is 7.15. The van der Waals surface area contributed by atoms with Crippen LogP contribution in [0.2, 0.25) is 0 Å². The molecule has 0 saturated carbocycles. The Bertz CT molecular complexity index is 565. The van der Waals surface area contributed by atoms with E-state index in [0.29, 0.717) is 11.0 Å². The molecule has 1 aromatic carbocycles. The first-order chi connectivity index (χ1) is 9.61. The van der Waals surface area contributed by atoms with E-state index in [2.05, 4.69) is 24.1 Å². The molecule has 0 aliphatic carbocycles. The summed E-state index contributed by atoms with van der Waals surface area (Å²) in [6.07, 6.45) is 2.74. The lowest BCUT2D eigenvalue weighted by molar-refractivity contribution is -0.118. The van der Waals surface area contributed by atoms with Crippen LogP contribution in [0.1, 0.15) is 36.6 Å². The van der Waals surface area contributed by atoms with Gasteiger partial charge in [-0.15, -0.1) is 11.3 Å². The van der Waals surface area contributed by atoms with Crippen molar-refractivity contribution in [2.75, 3.05) is 5.32 Å². The second kappa shape index (κ2) is 6.66. The molecule has 0 unspecified atom stereocenters. The van der Waals surface area contributed by atoms with Crippen molar-refractivity contribution in [2.45, 2.75) is 33.1 Å². The van der Waals surface area contributed by atoms with Crippen LogP contribution in [0.25, 0.3) is 0 Å². The molecule has 2 aromatic rings. The molecule has 0 radical (unpaired) electrons. The van der Waals surface area contributed by atoms with Crippen molar-refractivity contribution in [3.63, 3.8) is 0 Å². The Morgan fingerprint density at radius 3 is 2.60 bits per heavy atom. The minimum Gasteiger partial charge on any atom is -0.301 e. The first-order valence-electron chi connectivity index (χ1n) is 6.90. The van der Waals surface area contributed by atoms with Gasteiger partial charge in [-0.05, 0) is 18.4 Å². The molecule has 0 aliphatic rings. The number of aryl methyl sites for hydroxylation is 1. The number of anilines is 1. The number of hydrogen-bond acceptors (Lipinski definition) is 3. The molecule has 0 fully saturated rings. The second-order valence-corrected chi connectivity index (χ2v) is 6.27. The van der Waals surface area contributed by atoms with Gasteiger partial charge in [-0.3, -0.25) is 4.79 Å². The lowest BCUT2D eigenvalue weighted by atomic mass is 9.85. The molecule has 4 heteroatoms. The maximum Gasteiger partial charge on any atom is 0.233 e. The highest BCUT2D eigenvalue weighted by atomic mass is 32.1. The van der Waals surface area contributed by atoms with Crippen molar-refractivity contribution in [1.29, 1.82) is 0 Å². The Labute approximate surface area is 124 Å². The maximum absolute atomic E-state index is 12.6. The summed E-state index contributed by atoms with van der Waals surface area (Å²) in [6.45, 7) is 6.21. The van der Waals surface area contributed by atoms with Gasteiger partial charge in [-0.2, -0.15) is 0 Å². The Hall–Kier alpha value is -1.68. The smallest absolute Gasteiger partial charge is 0.233 e. The Balaban J connectivity index is 2.20. The normalized spacial score (nSPS) is 13.8. The quantitative estimate of drug-likeness (QED) is 0.895. The fourth-order valence-corrected chi connectivity index (χ4v) is 2.90. The van der Waals surface area contributed by atoms with E-state index in [1.165, 1.54) is 11.3 Å². The van der Waals surface area contributed by atoms with Crippen LogP contribution < -0.4 is 5.32 Å². The minimum absolute atomic E-state index is 0.0277. The van der Waals surface area contributed by atoms with Crippen LogP contribution in [0, 0.1) is 12.8 Å². The van der Waals surface area contributed by atoms with Crippen LogP contribution in [0.3, 0.4) is 0 Å². The maximum atomic E-state index is 12.6. The Kier molecular flexibility index (Phi) is 4.90. The lowest BCUT2D eigenvalue weighted by Gasteiger charge is -2.22. The summed E-state index contributed by atoms with van der Waals surface area (Å²) in [5.74, 6) is 0.184. The predicted octanol–water partition coefficient (Wildman–Crippen LogP) is 4.22. The van der Waals surface area contributed by atoms with Crippen molar-refractivity contribution < 1.29 is 4.79 Å². The van der Waals surface area contributed by atoms with Gasteiger partial charge >= 0.3 is 0 Å². The summed E-state index contributed by atoms with van der Waals surface area (Å²) in [5.41, 5.74) is 1.06. The van der Waals surface area contributed by atoms with Crippen molar-refractivity contribution >= 4 is 22.4 Å². The zero-order valence-corrected chi connectivity index (χ0v) is 12.9. The number of aromatic nitrogens is 1. The fraction of sp³-hybridized carbons (Fsp3) is 0.375. The van der Waals surface area contributed by atoms with Crippen molar-refractivity contribution in [2.24, 2.45) is 5.92 Å². The van der Waals surface area contributed by atoms with E-state index in [1.54, 1.807) is 6.20 Å². The molecule has 0 saturated heterocycles. The average molecular weight is 288 g/mol. The van der Waals surface area contributed by atoms with E-state index >= 15 is 0 Å². The number of carbonyl (C=O) groups is 1. The van der Waals surface area contributed by atoms with Gasteiger partial charge in [0.25, 0.3) is 0 Å². The number of hydrogen-bond donors (Lipinski definition) is 1. The molecule has 1 amide bonds. The largest absolute Gasteiger partial charge is 0.301 e. The molecule has 20 heavy (non-hydrogen) atoms. The number of carbonyl (C=O) groups excluding carboxylic acids is 1. The molecule has 1 heterocycles. The number of amides is 1. The van der Waals surface area contributed by atoms with Gasteiger partial charge in [0.05, 0.1) is 5.92 Å². The number of thiazole rings is 1. The number of rotatable bonds is 5. The molecular weight excluding hydrogens is 268 g/mol. The van der Waals surface area contributed by atoms with E-state index in [1.807, 2.05) is 37.3 Å². The van der Waals surface area contributed by atoms with Crippen LogP contribution in [0.4, 0.5) is 5.13 Å². The molecule has 3 nitrogen and oxygen atoms in total. The molecule has 2 atom stereocenters. The topological polar surface area (TPSA) is 42.0 Å². The van der Waals surface area contributed by atoms with E-state index < -0.39 is 0 Å². The molecule has 106 valence electrons. The van der Waals surface area contributed by atoms with Gasteiger partial charge in [-0.25, -0.2) is 4.98 Å². The molecule has 0 bridgehead atoms. The summed E-state index contributed by atoms with van der Waals surface area (Å²) in [7, 11) is 0. The highest BCUT2D eigenvalue weighted by Gasteiger charge is 2.26. The molecule has 0 aliphatic heterocycles. The SMILES string of the molecule is CC[C@H](C)[C@@H](C(=O)Nc1ncc(C)s1)c1ccccc1. The summed E-state index contributed by atoms with van der Waals surface area (Å²) in [6, 6.07) is 9.96. The first-order valence-corrected chi connectivity index (χ1v) is 7.71. The van der Waals surface area contributed by atoms with Crippen molar-refractivity contribution in [3.8, 4) is 0 Å². The summed E-state index contributed by atoms with van der Waals surface area (Å²) in [5, 5.41) is 3.62. The van der Waals surface area contributed by atoms with Gasteiger partial charge in [0.15, 0.2) is 5.13 Å². The summed E-state index contributed by atoms with van der Waals surface area (Å²) >= 11 is 1.50. The van der Waals surface area contributed by atoms with Crippen molar-refractivity contribution in [1.82, 2.24) is 4.98 Å². The molecule has 0 spiro atoms. The Morgan fingerprint density at radius 1 is 1.35 bits per heavy atom. The first kappa shape index (κ1) is 14.7. The Morgan fingerprint density at radius 2 is 2.05 bits per heavy atom. The van der Waals surface area contributed by atoms with E-state index in [0.717, 1.165) is 16.9 Å². The zero-order valence-electron chi connectivity index (χ0n) is 12.1. The number of nitrogens with zero attached hydrogens (tertiary/aromatic N) is 1. The van der Waals surface area contributed by atoms with Crippen LogP contribution >= 0.6 is 11.3 Å². The van der Waals surface area contributed by atoms with Gasteiger partial charge in [0.1, 0.15) is 0 Å². The molecule has 2 rings (SSSR count). The number of nitrogens with one attached hydrogen (secondary N) is 1. The minimum atomic E-state index is -0.134. The van der Waals surface area contributed by atoms with E-state index in [9.17, 15) is 4.79 Å². The van der Waals surface area contributed by atoms with Gasteiger partial charge in [-0.1, -0.05) is 50.6 Å². The van der Waals surface area contributed by atoms with Crippen LogP contribution in [0.5, 0.6) is 0 Å². The second-order valence-electron chi connectivity index (χ2n) is 5.04. The lowest BCUT2D eigenvalue weighted by Crippen LogP contribution is -2.26. The van der Waals surface area contributed by atoms with Crippen LogP contribution in [-0.4, -0.2) is 10.9 Å². The third-order valence-corrected chi connectivity index (χ3v) is 4.33. The molecule has 1 aromatic heterocycles. The average Bonchev–Trinajstić information content (AvgIpc) is 2.85. The third kappa shape index (κ3) is 3.45. The predicted molar refractivity (Wildman–Crippen MR) is 84.1 cm³/mol. The highest BCUT2D eigenvalue weighted by Crippen LogP contribution is 2.29. The zero-order chi connectivity index (χ0) is 14.5. The van der Waals surface area contributed by atoms with Crippen LogP contribution in [0.15, 0.2) is 36.5 Å². The van der Waals surface area contributed by atoms with E-state index in [-0.39, 0.29) is 11.8 Å². The third-order valence-electron chi connectivity index (χ3n) is 3.51. The van der Waals surface area contributed by atoms with Crippen molar-refractivity contribution in [3.05, 3.63) is 47.0 Å². The standard InChI is InChI=1S/C16H20N2OS/c1-4-11(2)14(13-8-6-5-7-9-13)15(19)18-16-17-10-12(3)20-16/h5-11,14H,4H2,1-3H3,(H,17,18,19)/t11-,14+/m0/s1. The van der Waals surface area contributed by atoms with Gasteiger partial charge in [0.2, 0.25) is 5.91 Å². The van der Waals surface area contributed by atoms with E-state index in [4.69, 9.17) is 0 Å². The van der Waals surface area contributed by atoms with Crippen LogP contribution in [-0.2, 0) is 4.79 Å². The van der Waals surface area contributed by atoms with Gasteiger partial charge in [0, 0.05) is 11.1 Å². The van der Waals surface area contributed by atoms with Gasteiger partial charge < -0.3 is 5.32 Å². The fourth-order valence-electron chi connectivity index (χ4n) is 2.23. The summed E-state index contributed by atoms with van der Waals surface area (Å²) in [4.78, 5) is 17.9. The summed E-state index contributed by atoms with van der Waals surface area (Å²) < 4.78 is 0. The number of benzene rings is 1. The molecular formula is C16H20N2OS.